The van der Waals surface area contributed by atoms with Gasteiger partial charge in [0.05, 0.1) is 12.0 Å². The molecule has 41 heavy (non-hydrogen) atoms. The minimum Gasteiger partial charge on any atom is -0.520 e. The Kier molecular flexibility index (Phi) is 7.81. The highest BCUT2D eigenvalue weighted by molar-refractivity contribution is 6.71. The maximum atomic E-state index is 13.4. The lowest BCUT2D eigenvalue weighted by Gasteiger charge is -2.73. The molecule has 0 amide bonds. The van der Waals surface area contributed by atoms with Gasteiger partial charge in [0.25, 0.3) is 5.97 Å². The number of rotatable bonds is 5. The number of fused-ring (bicyclic) bond motifs is 7. The summed E-state index contributed by atoms with van der Waals surface area (Å²) < 4.78 is 13.0. The normalized spacial score (nSPS) is 48.3. The van der Waals surface area contributed by atoms with E-state index in [0.29, 0.717) is 39.6 Å². The number of hydrogen-bond acceptors (Lipinski definition) is 3. The highest BCUT2D eigenvalue weighted by atomic mass is 28.4. The molecule has 236 valence electrons. The minimum absolute atomic E-state index is 0.0251. The van der Waals surface area contributed by atoms with Crippen molar-refractivity contribution in [2.75, 3.05) is 0 Å². The Bertz CT molecular complexity index is 1030. The Morgan fingerprint density at radius 1 is 0.707 bits per heavy atom. The monoisotopic (exact) mass is 602 g/mol. The lowest BCUT2D eigenvalue weighted by molar-refractivity contribution is -0.246. The van der Waals surface area contributed by atoms with E-state index in [-0.39, 0.29) is 17.3 Å². The summed E-state index contributed by atoms with van der Waals surface area (Å²) in [4.78, 5) is 13.4. The first kappa shape index (κ1) is 32.3. The zero-order chi connectivity index (χ0) is 30.6. The number of carbonyl (C=O) groups is 1. The van der Waals surface area contributed by atoms with Crippen molar-refractivity contribution in [2.24, 2.45) is 62.6 Å². The van der Waals surface area contributed by atoms with Crippen molar-refractivity contribution in [3.8, 4) is 0 Å². The molecule has 11 atom stereocenters. The highest BCUT2D eigenvalue weighted by Gasteiger charge is 2.70. The van der Waals surface area contributed by atoms with Crippen molar-refractivity contribution < 1.29 is 13.6 Å². The summed E-state index contributed by atoms with van der Waals surface area (Å²) in [6.45, 7) is 31.7. The molecule has 3 nitrogen and oxygen atoms in total. The van der Waals surface area contributed by atoms with E-state index in [1.165, 1.54) is 64.2 Å². The van der Waals surface area contributed by atoms with E-state index >= 15 is 0 Å². The van der Waals surface area contributed by atoms with Gasteiger partial charge in [0, 0.05) is 0 Å². The fraction of sp³-hybridized carbons (Fsp3) is 0.972. The average molecular weight is 603 g/mol. The SMILES string of the molecule is CC(C(=O)O[Si](C)(C)C)[C@@H]1CC[C@]2(C)CC[C@]3(C)C(CCC4[C@@]5(C)CC[C@H](O[Si](C)(C)C)C(C)(C)C5CC[C@]43C)C12. The van der Waals surface area contributed by atoms with Crippen LogP contribution in [0.5, 0.6) is 0 Å². The fourth-order valence-corrected chi connectivity index (χ4v) is 14.8. The van der Waals surface area contributed by atoms with Crippen LogP contribution in [0.4, 0.5) is 0 Å². The molecule has 0 aromatic heterocycles. The van der Waals surface area contributed by atoms with Crippen LogP contribution in [-0.2, 0) is 13.6 Å². The molecule has 0 spiro atoms. The largest absolute Gasteiger partial charge is 0.520 e. The Labute approximate surface area is 256 Å². The standard InChI is InChI=1S/C36H66O3Si2/c1-24(31(37)39-41(11,12)13)25-16-19-33(4)22-23-35(6)26(30(25)33)14-15-28-34(5)20-18-29(38-40(8,9)10)32(2,3)27(34)17-21-36(28,35)7/h24-30H,14-23H2,1-13H3/t24?,25-,26?,27?,28?,29-,30?,33+,34-,35+,36+/m0/s1. The fourth-order valence-electron chi connectivity index (χ4n) is 12.7. The van der Waals surface area contributed by atoms with E-state index in [1.54, 1.807) is 0 Å². The third kappa shape index (κ3) is 5.00. The van der Waals surface area contributed by atoms with Gasteiger partial charge < -0.3 is 8.85 Å². The Morgan fingerprint density at radius 2 is 1.37 bits per heavy atom. The molecule has 5 aliphatic carbocycles. The number of hydrogen-bond donors (Lipinski definition) is 0. The third-order valence-electron chi connectivity index (χ3n) is 14.8. The first-order valence-corrected chi connectivity index (χ1v) is 24.3. The topological polar surface area (TPSA) is 35.5 Å². The number of carbonyl (C=O) groups excluding carboxylic acids is 1. The zero-order valence-electron chi connectivity index (χ0n) is 29.3. The maximum absolute atomic E-state index is 13.4. The van der Waals surface area contributed by atoms with Crippen LogP contribution in [0.1, 0.15) is 113 Å². The van der Waals surface area contributed by atoms with Crippen LogP contribution in [-0.4, -0.2) is 28.7 Å². The lowest BCUT2D eigenvalue weighted by atomic mass is 9.32. The predicted molar refractivity (Wildman–Crippen MR) is 177 cm³/mol. The van der Waals surface area contributed by atoms with E-state index in [4.69, 9.17) is 8.85 Å². The quantitative estimate of drug-likeness (QED) is 0.294. The van der Waals surface area contributed by atoms with Crippen molar-refractivity contribution >= 4 is 22.6 Å². The van der Waals surface area contributed by atoms with Crippen LogP contribution >= 0.6 is 0 Å². The second kappa shape index (κ2) is 9.93. The van der Waals surface area contributed by atoms with Crippen LogP contribution in [0.25, 0.3) is 0 Å². The molecular weight excluding hydrogens is 537 g/mol. The third-order valence-corrected chi connectivity index (χ3v) is 16.6. The van der Waals surface area contributed by atoms with Crippen molar-refractivity contribution in [2.45, 2.75) is 158 Å². The summed E-state index contributed by atoms with van der Waals surface area (Å²) in [7, 11) is -3.48. The summed E-state index contributed by atoms with van der Waals surface area (Å²) in [6, 6.07) is 0. The van der Waals surface area contributed by atoms with Gasteiger partial charge in [-0.2, -0.15) is 0 Å². The summed E-state index contributed by atoms with van der Waals surface area (Å²) in [5, 5.41) is 0. The molecule has 5 unspecified atom stereocenters. The molecular formula is C36H66O3Si2. The van der Waals surface area contributed by atoms with Crippen molar-refractivity contribution in [3.63, 3.8) is 0 Å². The first-order chi connectivity index (χ1) is 18.6. The maximum Gasteiger partial charge on any atom is 0.295 e. The van der Waals surface area contributed by atoms with Gasteiger partial charge in [0.2, 0.25) is 8.32 Å². The molecule has 5 aliphatic rings. The summed E-state index contributed by atoms with van der Waals surface area (Å²) in [5.74, 6) is 3.53. The molecule has 5 fully saturated rings. The molecule has 0 N–H and O–H groups in total. The highest BCUT2D eigenvalue weighted by Crippen LogP contribution is 2.77. The van der Waals surface area contributed by atoms with E-state index < -0.39 is 16.6 Å². The van der Waals surface area contributed by atoms with E-state index in [0.717, 1.165) is 17.8 Å². The van der Waals surface area contributed by atoms with Crippen molar-refractivity contribution in [1.29, 1.82) is 0 Å². The molecule has 0 radical (unpaired) electrons. The van der Waals surface area contributed by atoms with Gasteiger partial charge in [-0.3, -0.25) is 4.79 Å². The van der Waals surface area contributed by atoms with Crippen molar-refractivity contribution in [1.82, 2.24) is 0 Å². The zero-order valence-corrected chi connectivity index (χ0v) is 31.3. The molecule has 0 aromatic carbocycles. The van der Waals surface area contributed by atoms with Crippen LogP contribution < -0.4 is 0 Å². The Balaban J connectivity index is 1.45. The first-order valence-electron chi connectivity index (χ1n) is 17.5. The summed E-state index contributed by atoms with van der Waals surface area (Å²) >= 11 is 0. The van der Waals surface area contributed by atoms with E-state index in [9.17, 15) is 4.79 Å². The van der Waals surface area contributed by atoms with Gasteiger partial charge in [0.1, 0.15) is 0 Å². The molecule has 5 saturated carbocycles. The van der Waals surface area contributed by atoms with Crippen LogP contribution in [0.15, 0.2) is 0 Å². The van der Waals surface area contributed by atoms with Gasteiger partial charge in [0.15, 0.2) is 8.32 Å². The van der Waals surface area contributed by atoms with Gasteiger partial charge in [-0.05, 0) is 160 Å². The predicted octanol–water partition coefficient (Wildman–Crippen LogP) is 10.3. The van der Waals surface area contributed by atoms with Crippen LogP contribution in [0.2, 0.25) is 39.3 Å². The average Bonchev–Trinajstić information content (AvgIpc) is 3.17. The summed E-state index contributed by atoms with van der Waals surface area (Å²) in [6.07, 6.45) is 13.7. The van der Waals surface area contributed by atoms with Crippen LogP contribution in [0.3, 0.4) is 0 Å². The van der Waals surface area contributed by atoms with Gasteiger partial charge >= 0.3 is 0 Å². The second-order valence-corrected chi connectivity index (χ2v) is 28.3. The summed E-state index contributed by atoms with van der Waals surface area (Å²) in [5.41, 5.74) is 1.75. The lowest BCUT2D eigenvalue weighted by Crippen LogP contribution is -2.67. The second-order valence-electron chi connectivity index (χ2n) is 19.5. The van der Waals surface area contributed by atoms with Gasteiger partial charge in [-0.1, -0.05) is 48.5 Å². The van der Waals surface area contributed by atoms with Gasteiger partial charge in [-0.25, -0.2) is 0 Å². The van der Waals surface area contributed by atoms with Crippen LogP contribution in [0, 0.1) is 62.6 Å². The molecule has 5 heteroatoms. The molecule has 0 aliphatic heterocycles. The van der Waals surface area contributed by atoms with E-state index in [2.05, 4.69) is 87.7 Å². The smallest absolute Gasteiger partial charge is 0.295 e. The van der Waals surface area contributed by atoms with E-state index in [1.807, 2.05) is 0 Å². The van der Waals surface area contributed by atoms with Crippen molar-refractivity contribution in [3.05, 3.63) is 0 Å². The van der Waals surface area contributed by atoms with Gasteiger partial charge in [-0.15, -0.1) is 0 Å². The molecule has 0 bridgehead atoms. The molecule has 0 heterocycles. The molecule has 0 aromatic rings. The Morgan fingerprint density at radius 3 is 1.98 bits per heavy atom. The molecule has 0 saturated heterocycles. The Hall–Kier alpha value is -0.136. The minimum atomic E-state index is -1.89. The molecule has 5 rings (SSSR count).